The molecule has 0 bridgehead atoms. The average Bonchev–Trinajstić information content (AvgIpc) is 2.58. The van der Waals surface area contributed by atoms with Crippen LogP contribution in [0.5, 0.6) is 0 Å². The van der Waals surface area contributed by atoms with E-state index in [9.17, 15) is 4.39 Å². The molecule has 1 aromatic heterocycles. The number of benzene rings is 1. The third kappa shape index (κ3) is 4.09. The van der Waals surface area contributed by atoms with Crippen molar-refractivity contribution in [1.82, 2.24) is 14.9 Å². The number of likely N-dealkylation sites (N-methyl/N-ethyl adjacent to an activating group) is 1. The summed E-state index contributed by atoms with van der Waals surface area (Å²) in [6.45, 7) is 3.89. The summed E-state index contributed by atoms with van der Waals surface area (Å²) in [4.78, 5) is 13.6. The molecule has 0 aliphatic carbocycles. The van der Waals surface area contributed by atoms with Crippen LogP contribution in [0, 0.1) is 5.82 Å². The highest BCUT2D eigenvalue weighted by Crippen LogP contribution is 2.26. The maximum atomic E-state index is 13.3. The van der Waals surface area contributed by atoms with Gasteiger partial charge in [-0.3, -0.25) is 0 Å². The van der Waals surface area contributed by atoms with Gasteiger partial charge in [-0.05, 0) is 31.5 Å². The molecule has 3 rings (SSSR count). The quantitative estimate of drug-likeness (QED) is 0.659. The van der Waals surface area contributed by atoms with Gasteiger partial charge in [-0.2, -0.15) is 0 Å². The van der Waals surface area contributed by atoms with E-state index in [1.807, 2.05) is 12.3 Å². The summed E-state index contributed by atoms with van der Waals surface area (Å²) in [7, 11) is 2.12. The molecule has 0 saturated carbocycles. The van der Waals surface area contributed by atoms with Crippen molar-refractivity contribution in [2.24, 2.45) is 0 Å². The summed E-state index contributed by atoms with van der Waals surface area (Å²) in [5, 5.41) is 3.96. The Bertz CT molecular complexity index is 722. The first-order valence-electron chi connectivity index (χ1n) is 7.64. The molecule has 1 aromatic carbocycles. The van der Waals surface area contributed by atoms with Gasteiger partial charge in [0.1, 0.15) is 17.5 Å². The maximum absolute atomic E-state index is 13.3. The van der Waals surface area contributed by atoms with Gasteiger partial charge in [-0.25, -0.2) is 14.4 Å². The van der Waals surface area contributed by atoms with Gasteiger partial charge in [0.2, 0.25) is 0 Å². The molecule has 1 saturated heterocycles. The SMILES string of the molecule is CSc1nc(Nc2ccc(F)c(Cl)c2)cc(N2CCN(C)CC2)n1. The Balaban J connectivity index is 1.84. The Labute approximate surface area is 150 Å². The van der Waals surface area contributed by atoms with E-state index in [0.717, 1.165) is 32.0 Å². The van der Waals surface area contributed by atoms with Crippen LogP contribution in [0.15, 0.2) is 29.4 Å². The fourth-order valence-corrected chi connectivity index (χ4v) is 3.04. The van der Waals surface area contributed by atoms with Crippen LogP contribution in [0.2, 0.25) is 5.02 Å². The van der Waals surface area contributed by atoms with E-state index in [1.165, 1.54) is 17.8 Å². The number of thioether (sulfide) groups is 1. The molecule has 8 heteroatoms. The van der Waals surface area contributed by atoms with Crippen LogP contribution in [0.1, 0.15) is 0 Å². The van der Waals surface area contributed by atoms with Crippen LogP contribution in [-0.2, 0) is 0 Å². The number of nitrogens with one attached hydrogen (secondary N) is 1. The van der Waals surface area contributed by atoms with E-state index in [2.05, 4.69) is 32.1 Å². The standard InChI is InChI=1S/C16H19ClFN5S/c1-22-5-7-23(8-6-22)15-10-14(20-16(21-15)24-2)19-11-3-4-13(18)12(17)9-11/h3-4,9-10H,5-8H2,1-2H3,(H,19,20,21). The molecule has 0 atom stereocenters. The molecule has 2 aromatic rings. The summed E-state index contributed by atoms with van der Waals surface area (Å²) < 4.78 is 13.3. The molecule has 0 spiro atoms. The molecule has 128 valence electrons. The fraction of sp³-hybridized carbons (Fsp3) is 0.375. The van der Waals surface area contributed by atoms with Crippen LogP contribution < -0.4 is 10.2 Å². The minimum atomic E-state index is -0.437. The Morgan fingerprint density at radius 2 is 1.92 bits per heavy atom. The zero-order valence-corrected chi connectivity index (χ0v) is 15.2. The fourth-order valence-electron chi connectivity index (χ4n) is 2.49. The zero-order chi connectivity index (χ0) is 17.1. The number of anilines is 3. The van der Waals surface area contributed by atoms with E-state index < -0.39 is 5.82 Å². The molecule has 0 radical (unpaired) electrons. The van der Waals surface area contributed by atoms with Crippen molar-refractivity contribution in [2.75, 3.05) is 49.7 Å². The van der Waals surface area contributed by atoms with E-state index in [4.69, 9.17) is 11.6 Å². The number of rotatable bonds is 4. The number of nitrogens with zero attached hydrogens (tertiary/aromatic N) is 4. The molecule has 0 amide bonds. The number of hydrogen-bond donors (Lipinski definition) is 1. The van der Waals surface area contributed by atoms with Gasteiger partial charge in [0.15, 0.2) is 5.16 Å². The molecule has 1 aliphatic heterocycles. The Kier molecular flexibility index (Phi) is 5.43. The third-order valence-electron chi connectivity index (χ3n) is 3.89. The Morgan fingerprint density at radius 1 is 1.17 bits per heavy atom. The van der Waals surface area contributed by atoms with Gasteiger partial charge in [0, 0.05) is 37.9 Å². The minimum Gasteiger partial charge on any atom is -0.354 e. The van der Waals surface area contributed by atoms with E-state index in [1.54, 1.807) is 12.1 Å². The van der Waals surface area contributed by atoms with Gasteiger partial charge < -0.3 is 15.1 Å². The molecule has 2 heterocycles. The highest BCUT2D eigenvalue weighted by Gasteiger charge is 2.17. The molecular weight excluding hydrogens is 349 g/mol. The van der Waals surface area contributed by atoms with Crippen LogP contribution in [-0.4, -0.2) is 54.4 Å². The Hall–Kier alpha value is -1.57. The van der Waals surface area contributed by atoms with Gasteiger partial charge in [0.25, 0.3) is 0 Å². The molecule has 0 unspecified atom stereocenters. The zero-order valence-electron chi connectivity index (χ0n) is 13.6. The number of piperazine rings is 1. The van der Waals surface area contributed by atoms with Crippen molar-refractivity contribution in [2.45, 2.75) is 5.16 Å². The first-order valence-corrected chi connectivity index (χ1v) is 9.24. The van der Waals surface area contributed by atoms with Gasteiger partial charge in [-0.15, -0.1) is 0 Å². The van der Waals surface area contributed by atoms with Gasteiger partial charge in [-0.1, -0.05) is 23.4 Å². The molecular formula is C16H19ClFN5S. The lowest BCUT2D eigenvalue weighted by atomic mass is 10.3. The van der Waals surface area contributed by atoms with Crippen molar-refractivity contribution in [3.05, 3.63) is 35.1 Å². The molecule has 5 nitrogen and oxygen atoms in total. The first-order chi connectivity index (χ1) is 11.5. The van der Waals surface area contributed by atoms with Crippen LogP contribution in [0.25, 0.3) is 0 Å². The normalized spacial score (nSPS) is 15.6. The summed E-state index contributed by atoms with van der Waals surface area (Å²) in [6.07, 6.45) is 1.95. The van der Waals surface area contributed by atoms with Crippen molar-refractivity contribution in [3.8, 4) is 0 Å². The van der Waals surface area contributed by atoms with Crippen molar-refractivity contribution < 1.29 is 4.39 Å². The van der Waals surface area contributed by atoms with Gasteiger partial charge >= 0.3 is 0 Å². The monoisotopic (exact) mass is 367 g/mol. The van der Waals surface area contributed by atoms with E-state index in [0.29, 0.717) is 16.7 Å². The molecule has 24 heavy (non-hydrogen) atoms. The topological polar surface area (TPSA) is 44.3 Å². The lowest BCUT2D eigenvalue weighted by Crippen LogP contribution is -2.44. The van der Waals surface area contributed by atoms with Gasteiger partial charge in [0.05, 0.1) is 5.02 Å². The largest absolute Gasteiger partial charge is 0.354 e. The second-order valence-corrected chi connectivity index (χ2v) is 6.82. The summed E-state index contributed by atoms with van der Waals surface area (Å²) >= 11 is 7.33. The number of aromatic nitrogens is 2. The molecule has 1 fully saturated rings. The highest BCUT2D eigenvalue weighted by atomic mass is 35.5. The highest BCUT2D eigenvalue weighted by molar-refractivity contribution is 7.98. The predicted octanol–water partition coefficient (Wildman–Crippen LogP) is 3.49. The second kappa shape index (κ2) is 7.55. The van der Waals surface area contributed by atoms with Crippen LogP contribution >= 0.6 is 23.4 Å². The van der Waals surface area contributed by atoms with E-state index >= 15 is 0 Å². The molecule has 1 N–H and O–H groups in total. The minimum absolute atomic E-state index is 0.0819. The summed E-state index contributed by atoms with van der Waals surface area (Å²) in [5.41, 5.74) is 0.691. The lowest BCUT2D eigenvalue weighted by Gasteiger charge is -2.33. The predicted molar refractivity (Wildman–Crippen MR) is 98.2 cm³/mol. The van der Waals surface area contributed by atoms with Crippen molar-refractivity contribution >= 4 is 40.7 Å². The number of hydrogen-bond acceptors (Lipinski definition) is 6. The smallest absolute Gasteiger partial charge is 0.191 e. The average molecular weight is 368 g/mol. The first kappa shape index (κ1) is 17.3. The van der Waals surface area contributed by atoms with E-state index in [-0.39, 0.29) is 5.02 Å². The van der Waals surface area contributed by atoms with Crippen LogP contribution in [0.3, 0.4) is 0 Å². The summed E-state index contributed by atoms with van der Waals surface area (Å²) in [5.74, 6) is 1.14. The van der Waals surface area contributed by atoms with Crippen LogP contribution in [0.4, 0.5) is 21.7 Å². The summed E-state index contributed by atoms with van der Waals surface area (Å²) in [6, 6.07) is 6.44. The van der Waals surface area contributed by atoms with Crippen molar-refractivity contribution in [1.29, 1.82) is 0 Å². The van der Waals surface area contributed by atoms with Crippen molar-refractivity contribution in [3.63, 3.8) is 0 Å². The third-order valence-corrected chi connectivity index (χ3v) is 4.73. The lowest BCUT2D eigenvalue weighted by molar-refractivity contribution is 0.312. The Morgan fingerprint density at radius 3 is 2.58 bits per heavy atom. The molecule has 1 aliphatic rings. The maximum Gasteiger partial charge on any atom is 0.191 e. The second-order valence-electron chi connectivity index (χ2n) is 5.64. The number of halogens is 2.